The Hall–Kier alpha value is -1.98. The van der Waals surface area contributed by atoms with Gasteiger partial charge >= 0.3 is 5.97 Å². The number of hydrogen-bond donors (Lipinski definition) is 1. The summed E-state index contributed by atoms with van der Waals surface area (Å²) in [7, 11) is -6.72. The van der Waals surface area contributed by atoms with Crippen molar-refractivity contribution in [2.75, 3.05) is 24.6 Å². The molecule has 2 heterocycles. The minimum atomic E-state index is -3.60. The summed E-state index contributed by atoms with van der Waals surface area (Å²) in [6.07, 6.45) is -0.0876. The Balaban J connectivity index is 1.48. The number of benzene rings is 1. The molecule has 0 unspecified atom stereocenters. The highest BCUT2D eigenvalue weighted by Crippen LogP contribution is 2.25. The predicted octanol–water partition coefficient (Wildman–Crippen LogP) is 0.322. The van der Waals surface area contributed by atoms with E-state index in [-0.39, 0.29) is 29.5 Å². The molecule has 30 heavy (non-hydrogen) atoms. The van der Waals surface area contributed by atoms with Crippen LogP contribution in [0.15, 0.2) is 35.2 Å². The number of amides is 1. The minimum Gasteiger partial charge on any atom is -0.452 e. The number of carbonyl (C=O) groups excluding carboxylic acids is 2. The molecule has 2 saturated heterocycles. The van der Waals surface area contributed by atoms with Gasteiger partial charge in [-0.05, 0) is 38.3 Å². The number of sulfonamides is 1. The maximum atomic E-state index is 12.7. The SMILES string of the molecule is C[C@H](OC(=O)C1CCN(S(=O)(=O)c2ccccc2)CC1)C(=O)N[C@@H]1CCS(=O)(=O)C1. The molecule has 2 aliphatic heterocycles. The Morgan fingerprint density at radius 1 is 1.13 bits per heavy atom. The van der Waals surface area contributed by atoms with Crippen LogP contribution in [-0.2, 0) is 34.2 Å². The number of piperidine rings is 1. The summed E-state index contributed by atoms with van der Waals surface area (Å²) in [5.74, 6) is -1.64. The zero-order chi connectivity index (χ0) is 21.9. The molecular weight excluding hydrogens is 432 g/mol. The van der Waals surface area contributed by atoms with Crippen LogP contribution < -0.4 is 5.32 Å². The Morgan fingerprint density at radius 2 is 1.77 bits per heavy atom. The molecule has 0 aromatic heterocycles. The van der Waals surface area contributed by atoms with E-state index in [4.69, 9.17) is 4.74 Å². The fourth-order valence-corrected chi connectivity index (χ4v) is 6.79. The van der Waals surface area contributed by atoms with E-state index in [9.17, 15) is 26.4 Å². The molecule has 1 N–H and O–H groups in total. The third kappa shape index (κ3) is 5.38. The Bertz CT molecular complexity index is 985. The van der Waals surface area contributed by atoms with E-state index in [2.05, 4.69) is 5.32 Å². The van der Waals surface area contributed by atoms with Crippen molar-refractivity contribution in [1.29, 1.82) is 0 Å². The molecule has 0 saturated carbocycles. The first-order valence-corrected chi connectivity index (χ1v) is 13.1. The van der Waals surface area contributed by atoms with E-state index in [1.54, 1.807) is 18.2 Å². The second-order valence-corrected chi connectivity index (χ2v) is 11.8. The third-order valence-electron chi connectivity index (χ3n) is 5.41. The number of ether oxygens (including phenoxy) is 1. The number of carbonyl (C=O) groups is 2. The van der Waals surface area contributed by atoms with Gasteiger partial charge in [-0.15, -0.1) is 0 Å². The number of hydrogen-bond acceptors (Lipinski definition) is 7. The average Bonchev–Trinajstić information content (AvgIpc) is 3.06. The number of nitrogens with one attached hydrogen (secondary N) is 1. The summed E-state index contributed by atoms with van der Waals surface area (Å²) in [6, 6.07) is 7.66. The topological polar surface area (TPSA) is 127 Å². The Labute approximate surface area is 176 Å². The molecule has 1 aromatic rings. The van der Waals surface area contributed by atoms with Crippen molar-refractivity contribution in [2.24, 2.45) is 5.92 Å². The molecule has 3 rings (SSSR count). The fourth-order valence-electron chi connectivity index (χ4n) is 3.62. The number of sulfone groups is 1. The van der Waals surface area contributed by atoms with Crippen LogP contribution >= 0.6 is 0 Å². The van der Waals surface area contributed by atoms with E-state index in [1.165, 1.54) is 23.4 Å². The van der Waals surface area contributed by atoms with Crippen LogP contribution in [0.4, 0.5) is 0 Å². The first-order chi connectivity index (χ1) is 14.1. The average molecular weight is 459 g/mol. The van der Waals surface area contributed by atoms with E-state index < -0.39 is 49.8 Å². The predicted molar refractivity (Wildman–Crippen MR) is 109 cm³/mol. The van der Waals surface area contributed by atoms with Crippen LogP contribution in [0.5, 0.6) is 0 Å². The standard InChI is InChI=1S/C19H26N2O7S2/c1-14(18(22)20-16-9-12-29(24,25)13-16)28-19(23)15-7-10-21(11-8-15)30(26,27)17-5-3-2-4-6-17/h2-6,14-16H,7-13H2,1H3,(H,20,22)/t14-,16+/m0/s1. The van der Waals surface area contributed by atoms with Gasteiger partial charge in [0.05, 0.1) is 22.3 Å². The van der Waals surface area contributed by atoms with Gasteiger partial charge in [0.25, 0.3) is 5.91 Å². The van der Waals surface area contributed by atoms with Gasteiger partial charge in [0.1, 0.15) is 0 Å². The van der Waals surface area contributed by atoms with Gasteiger partial charge in [0.2, 0.25) is 10.0 Å². The van der Waals surface area contributed by atoms with Gasteiger partial charge in [-0.1, -0.05) is 18.2 Å². The number of rotatable bonds is 6. The molecule has 1 amide bonds. The van der Waals surface area contributed by atoms with E-state index in [1.807, 2.05) is 0 Å². The van der Waals surface area contributed by atoms with E-state index in [0.717, 1.165) is 0 Å². The summed E-state index contributed by atoms with van der Waals surface area (Å²) in [5, 5.41) is 2.60. The summed E-state index contributed by atoms with van der Waals surface area (Å²) in [6.45, 7) is 1.82. The summed E-state index contributed by atoms with van der Waals surface area (Å²) < 4.78 is 54.9. The molecule has 2 fully saturated rings. The highest BCUT2D eigenvalue weighted by Gasteiger charge is 2.35. The van der Waals surface area contributed by atoms with Gasteiger partial charge in [-0.3, -0.25) is 9.59 Å². The second-order valence-electron chi connectivity index (χ2n) is 7.68. The molecule has 1 aromatic carbocycles. The Morgan fingerprint density at radius 3 is 2.33 bits per heavy atom. The molecule has 0 bridgehead atoms. The minimum absolute atomic E-state index is 0.0383. The lowest BCUT2D eigenvalue weighted by Crippen LogP contribution is -2.44. The maximum Gasteiger partial charge on any atom is 0.309 e. The van der Waals surface area contributed by atoms with Crippen molar-refractivity contribution in [2.45, 2.75) is 43.2 Å². The molecule has 11 heteroatoms. The molecule has 166 valence electrons. The molecular formula is C19H26N2O7S2. The van der Waals surface area contributed by atoms with Crippen LogP contribution in [0.2, 0.25) is 0 Å². The molecule has 9 nitrogen and oxygen atoms in total. The fraction of sp³-hybridized carbons (Fsp3) is 0.579. The van der Waals surface area contributed by atoms with Gasteiger partial charge in [-0.25, -0.2) is 16.8 Å². The van der Waals surface area contributed by atoms with Crippen LogP contribution in [-0.4, -0.2) is 69.8 Å². The zero-order valence-electron chi connectivity index (χ0n) is 16.7. The van der Waals surface area contributed by atoms with Gasteiger partial charge in [-0.2, -0.15) is 4.31 Å². The molecule has 0 spiro atoms. The maximum absolute atomic E-state index is 12.7. The lowest BCUT2D eigenvalue weighted by atomic mass is 9.98. The van der Waals surface area contributed by atoms with E-state index in [0.29, 0.717) is 19.3 Å². The monoisotopic (exact) mass is 458 g/mol. The van der Waals surface area contributed by atoms with E-state index >= 15 is 0 Å². The summed E-state index contributed by atoms with van der Waals surface area (Å²) >= 11 is 0. The lowest BCUT2D eigenvalue weighted by molar-refractivity contribution is -0.160. The molecule has 0 aliphatic carbocycles. The van der Waals surface area contributed by atoms with Crippen LogP contribution in [0, 0.1) is 5.92 Å². The second kappa shape index (κ2) is 9.03. The van der Waals surface area contributed by atoms with Crippen molar-refractivity contribution >= 4 is 31.7 Å². The van der Waals surface area contributed by atoms with Crippen molar-refractivity contribution in [3.63, 3.8) is 0 Å². The van der Waals surface area contributed by atoms with Crippen molar-refractivity contribution in [3.05, 3.63) is 30.3 Å². The number of nitrogens with zero attached hydrogens (tertiary/aromatic N) is 1. The van der Waals surface area contributed by atoms with Crippen LogP contribution in [0.1, 0.15) is 26.2 Å². The van der Waals surface area contributed by atoms with Crippen LogP contribution in [0.3, 0.4) is 0 Å². The summed E-state index contributed by atoms with van der Waals surface area (Å²) in [5.41, 5.74) is 0. The summed E-state index contributed by atoms with van der Waals surface area (Å²) in [4.78, 5) is 24.8. The first-order valence-electron chi connectivity index (χ1n) is 9.85. The van der Waals surface area contributed by atoms with Gasteiger partial charge < -0.3 is 10.1 Å². The van der Waals surface area contributed by atoms with Crippen LogP contribution in [0.25, 0.3) is 0 Å². The normalized spacial score (nSPS) is 23.6. The highest BCUT2D eigenvalue weighted by atomic mass is 32.2. The smallest absolute Gasteiger partial charge is 0.309 e. The van der Waals surface area contributed by atoms with Gasteiger partial charge in [0.15, 0.2) is 15.9 Å². The number of esters is 1. The Kier molecular flexibility index (Phi) is 6.83. The largest absolute Gasteiger partial charge is 0.452 e. The van der Waals surface area contributed by atoms with Crippen molar-refractivity contribution in [3.8, 4) is 0 Å². The quantitative estimate of drug-likeness (QED) is 0.608. The highest BCUT2D eigenvalue weighted by molar-refractivity contribution is 7.91. The third-order valence-corrected chi connectivity index (χ3v) is 9.09. The first kappa shape index (κ1) is 22.7. The molecule has 2 atom stereocenters. The van der Waals surface area contributed by atoms with Gasteiger partial charge in [0, 0.05) is 19.1 Å². The molecule has 0 radical (unpaired) electrons. The molecule has 2 aliphatic rings. The zero-order valence-corrected chi connectivity index (χ0v) is 18.3. The van der Waals surface area contributed by atoms with Crippen molar-refractivity contribution in [1.82, 2.24) is 9.62 Å². The lowest BCUT2D eigenvalue weighted by Gasteiger charge is -2.30. The van der Waals surface area contributed by atoms with Crippen molar-refractivity contribution < 1.29 is 31.2 Å².